The number of aromatic nitrogens is 1. The van der Waals surface area contributed by atoms with Crippen LogP contribution in [0.1, 0.15) is 29.4 Å². The van der Waals surface area contributed by atoms with Crippen molar-refractivity contribution in [3.05, 3.63) is 78.0 Å². The van der Waals surface area contributed by atoms with Crippen molar-refractivity contribution >= 4 is 39.4 Å². The van der Waals surface area contributed by atoms with Gasteiger partial charge in [0, 0.05) is 15.8 Å². The van der Waals surface area contributed by atoms with Gasteiger partial charge in [-0.15, -0.1) is 11.8 Å². The molecule has 0 saturated carbocycles. The van der Waals surface area contributed by atoms with Crippen LogP contribution in [0.3, 0.4) is 0 Å². The van der Waals surface area contributed by atoms with Crippen molar-refractivity contribution in [3.8, 4) is 0 Å². The second kappa shape index (κ2) is 8.53. The van der Waals surface area contributed by atoms with E-state index in [-0.39, 0.29) is 5.97 Å². The van der Waals surface area contributed by atoms with Gasteiger partial charge in [0.25, 0.3) is 0 Å². The van der Waals surface area contributed by atoms with Gasteiger partial charge in [0.1, 0.15) is 5.69 Å². The van der Waals surface area contributed by atoms with E-state index in [1.54, 1.807) is 0 Å². The van der Waals surface area contributed by atoms with E-state index in [0.717, 1.165) is 35.1 Å². The number of nitrogens with one attached hydrogen (secondary N) is 1. The van der Waals surface area contributed by atoms with Crippen LogP contribution in [-0.4, -0.2) is 23.3 Å². The van der Waals surface area contributed by atoms with Crippen molar-refractivity contribution in [1.82, 2.24) is 4.98 Å². The van der Waals surface area contributed by atoms with Crippen molar-refractivity contribution in [1.29, 1.82) is 0 Å². The van der Waals surface area contributed by atoms with E-state index in [1.165, 1.54) is 15.7 Å². The Kier molecular flexibility index (Phi) is 5.68. The zero-order chi connectivity index (χ0) is 19.3. The average Bonchev–Trinajstić information content (AvgIpc) is 3.10. The standard InChI is InChI=1S/C24H23NO2S/c1-2-27-24(26)23-20(19-12-5-6-14-21(19)25-23)13-8-16-28-22-15-7-10-17-9-3-4-11-18(17)22/h3-7,9-12,14-15,25H,2,8,13,16H2,1H3. The van der Waals surface area contributed by atoms with Crippen molar-refractivity contribution < 1.29 is 9.53 Å². The third-order valence-corrected chi connectivity index (χ3v) is 6.03. The lowest BCUT2D eigenvalue weighted by Crippen LogP contribution is -2.08. The molecule has 0 aliphatic carbocycles. The SMILES string of the molecule is CCOC(=O)c1[nH]c2ccccc2c1CCCSc1cccc2ccccc12. The van der Waals surface area contributed by atoms with Crippen molar-refractivity contribution in [2.75, 3.05) is 12.4 Å². The third-order valence-electron chi connectivity index (χ3n) is 4.87. The molecule has 3 aromatic carbocycles. The molecule has 4 heteroatoms. The molecule has 0 saturated heterocycles. The Bertz CT molecular complexity index is 1110. The fraction of sp³-hybridized carbons (Fsp3) is 0.208. The molecule has 0 spiro atoms. The lowest BCUT2D eigenvalue weighted by atomic mass is 10.1. The van der Waals surface area contributed by atoms with E-state index in [0.29, 0.717) is 12.3 Å². The minimum absolute atomic E-state index is 0.268. The maximum atomic E-state index is 12.4. The second-order valence-electron chi connectivity index (χ2n) is 6.67. The molecule has 1 heterocycles. The second-order valence-corrected chi connectivity index (χ2v) is 7.81. The number of benzene rings is 3. The predicted octanol–water partition coefficient (Wildman–Crippen LogP) is 6.22. The lowest BCUT2D eigenvalue weighted by molar-refractivity contribution is 0.0519. The Morgan fingerprint density at radius 1 is 0.964 bits per heavy atom. The molecule has 4 aromatic rings. The molecule has 142 valence electrons. The van der Waals surface area contributed by atoms with Gasteiger partial charge in [-0.2, -0.15) is 0 Å². The van der Waals surface area contributed by atoms with Crippen molar-refractivity contribution in [2.45, 2.75) is 24.7 Å². The average molecular weight is 390 g/mol. The summed E-state index contributed by atoms with van der Waals surface area (Å²) in [5, 5.41) is 3.68. The van der Waals surface area contributed by atoms with E-state index in [1.807, 2.05) is 36.9 Å². The topological polar surface area (TPSA) is 42.1 Å². The normalized spacial score (nSPS) is 11.2. The number of para-hydroxylation sites is 1. The molecule has 3 nitrogen and oxygen atoms in total. The maximum absolute atomic E-state index is 12.4. The highest BCUT2D eigenvalue weighted by Crippen LogP contribution is 2.30. The summed E-state index contributed by atoms with van der Waals surface area (Å²) < 4.78 is 5.25. The van der Waals surface area contributed by atoms with Crippen LogP contribution in [0.4, 0.5) is 0 Å². The molecule has 0 atom stereocenters. The number of esters is 1. The van der Waals surface area contributed by atoms with Crippen molar-refractivity contribution in [3.63, 3.8) is 0 Å². The van der Waals surface area contributed by atoms with Gasteiger partial charge < -0.3 is 9.72 Å². The number of hydrogen-bond donors (Lipinski definition) is 1. The number of rotatable bonds is 7. The van der Waals surface area contributed by atoms with Crippen LogP contribution in [0.25, 0.3) is 21.7 Å². The number of fused-ring (bicyclic) bond motifs is 2. The lowest BCUT2D eigenvalue weighted by Gasteiger charge is -2.07. The summed E-state index contributed by atoms with van der Waals surface area (Å²) in [5.74, 6) is 0.728. The maximum Gasteiger partial charge on any atom is 0.355 e. The first-order valence-electron chi connectivity index (χ1n) is 9.65. The van der Waals surface area contributed by atoms with Crippen LogP contribution in [0.15, 0.2) is 71.6 Å². The van der Waals surface area contributed by atoms with Crippen molar-refractivity contribution in [2.24, 2.45) is 0 Å². The highest BCUT2D eigenvalue weighted by molar-refractivity contribution is 7.99. The Labute approximate surface area is 169 Å². The van der Waals surface area contributed by atoms with E-state index < -0.39 is 0 Å². The number of ether oxygens (including phenoxy) is 1. The number of carbonyl (C=O) groups excluding carboxylic acids is 1. The van der Waals surface area contributed by atoms with Gasteiger partial charge in [0.2, 0.25) is 0 Å². The first kappa shape index (κ1) is 18.6. The van der Waals surface area contributed by atoms with Crippen LogP contribution in [0.5, 0.6) is 0 Å². The number of hydrogen-bond acceptors (Lipinski definition) is 3. The first-order chi connectivity index (χ1) is 13.8. The van der Waals surface area contributed by atoms with Gasteiger partial charge >= 0.3 is 5.97 Å². The number of thioether (sulfide) groups is 1. The zero-order valence-electron chi connectivity index (χ0n) is 15.9. The summed E-state index contributed by atoms with van der Waals surface area (Å²) in [6, 6.07) is 23.0. The summed E-state index contributed by atoms with van der Waals surface area (Å²) >= 11 is 1.88. The molecule has 4 rings (SSSR count). The minimum atomic E-state index is -0.268. The van der Waals surface area contributed by atoms with E-state index in [2.05, 4.69) is 53.5 Å². The quantitative estimate of drug-likeness (QED) is 0.232. The largest absolute Gasteiger partial charge is 0.461 e. The molecular weight excluding hydrogens is 366 g/mol. The number of H-pyrrole nitrogens is 1. The summed E-state index contributed by atoms with van der Waals surface area (Å²) in [5.41, 5.74) is 2.65. The molecule has 0 fully saturated rings. The Hall–Kier alpha value is -2.72. The Balaban J connectivity index is 1.49. The van der Waals surface area contributed by atoms with Gasteiger partial charge in [-0.3, -0.25) is 0 Å². The van der Waals surface area contributed by atoms with Crippen LogP contribution >= 0.6 is 11.8 Å². The molecule has 0 radical (unpaired) electrons. The number of carbonyl (C=O) groups is 1. The smallest absolute Gasteiger partial charge is 0.355 e. The van der Waals surface area contributed by atoms with Gasteiger partial charge in [-0.1, -0.05) is 54.6 Å². The molecule has 1 aromatic heterocycles. The minimum Gasteiger partial charge on any atom is -0.461 e. The molecule has 0 bridgehead atoms. The molecule has 1 N–H and O–H groups in total. The summed E-state index contributed by atoms with van der Waals surface area (Å²) in [7, 11) is 0. The van der Waals surface area contributed by atoms with Gasteiger partial charge in [-0.05, 0) is 54.0 Å². The fourth-order valence-electron chi connectivity index (χ4n) is 3.59. The molecule has 28 heavy (non-hydrogen) atoms. The molecule has 0 unspecified atom stereocenters. The highest BCUT2D eigenvalue weighted by atomic mass is 32.2. The van der Waals surface area contributed by atoms with Crippen LogP contribution < -0.4 is 0 Å². The van der Waals surface area contributed by atoms with Gasteiger partial charge in [-0.25, -0.2) is 4.79 Å². The summed E-state index contributed by atoms with van der Waals surface area (Å²) in [6.45, 7) is 2.21. The predicted molar refractivity (Wildman–Crippen MR) is 117 cm³/mol. The van der Waals surface area contributed by atoms with Gasteiger partial charge in [0.05, 0.1) is 6.61 Å². The van der Waals surface area contributed by atoms with Crippen LogP contribution in [0, 0.1) is 0 Å². The molecule has 0 amide bonds. The van der Waals surface area contributed by atoms with Crippen LogP contribution in [-0.2, 0) is 11.2 Å². The molecule has 0 aliphatic rings. The summed E-state index contributed by atoms with van der Waals surface area (Å²) in [6.07, 6.45) is 1.83. The van der Waals surface area contributed by atoms with E-state index >= 15 is 0 Å². The monoisotopic (exact) mass is 389 g/mol. The third kappa shape index (κ3) is 3.78. The summed E-state index contributed by atoms with van der Waals surface area (Å²) in [4.78, 5) is 16.9. The first-order valence-corrected chi connectivity index (χ1v) is 10.6. The number of aryl methyl sites for hydroxylation is 1. The molecular formula is C24H23NO2S. The molecule has 0 aliphatic heterocycles. The highest BCUT2D eigenvalue weighted by Gasteiger charge is 2.18. The van der Waals surface area contributed by atoms with E-state index in [9.17, 15) is 4.79 Å². The Morgan fingerprint density at radius 3 is 2.57 bits per heavy atom. The van der Waals surface area contributed by atoms with Gasteiger partial charge in [0.15, 0.2) is 0 Å². The zero-order valence-corrected chi connectivity index (χ0v) is 16.7. The number of aromatic amines is 1. The van der Waals surface area contributed by atoms with E-state index in [4.69, 9.17) is 4.74 Å². The Morgan fingerprint density at radius 2 is 1.71 bits per heavy atom. The van der Waals surface area contributed by atoms with Crippen LogP contribution in [0.2, 0.25) is 0 Å². The fourth-order valence-corrected chi connectivity index (χ4v) is 4.61.